The van der Waals surface area contributed by atoms with Gasteiger partial charge in [-0.2, -0.15) is 0 Å². The Kier molecular flexibility index (Phi) is 5.90. The molecule has 1 fully saturated rings. The summed E-state index contributed by atoms with van der Waals surface area (Å²) in [5.74, 6) is -3.58. The number of carbonyl (C=O) groups is 1. The first-order valence-corrected chi connectivity index (χ1v) is 6.11. The average molecular weight is 292 g/mol. The van der Waals surface area contributed by atoms with E-state index in [4.69, 9.17) is 19.3 Å². The number of hydrogen-bond acceptors (Lipinski definition) is 7. The van der Waals surface area contributed by atoms with Crippen LogP contribution in [-0.4, -0.2) is 70.3 Å². The highest BCUT2D eigenvalue weighted by Gasteiger charge is 2.55. The summed E-state index contributed by atoms with van der Waals surface area (Å²) < 4.78 is 15.3. The second-order valence-corrected chi connectivity index (χ2v) is 4.45. The fourth-order valence-electron chi connectivity index (χ4n) is 2.00. The smallest absolute Gasteiger partial charge is 0.377 e. The molecule has 0 saturated carbocycles. The van der Waals surface area contributed by atoms with Crippen molar-refractivity contribution < 1.29 is 39.4 Å². The number of allylic oxidation sites excluding steroid dienone is 1. The zero-order valence-electron chi connectivity index (χ0n) is 11.3. The van der Waals surface area contributed by atoms with Crippen LogP contribution >= 0.6 is 0 Å². The minimum absolute atomic E-state index is 0.452. The normalized spacial score (nSPS) is 36.0. The molecule has 0 aromatic carbocycles. The van der Waals surface area contributed by atoms with Crippen molar-refractivity contribution in [1.29, 1.82) is 0 Å². The maximum Gasteiger partial charge on any atom is 0.377 e. The van der Waals surface area contributed by atoms with E-state index in [0.29, 0.717) is 0 Å². The number of hydrogen-bond donors (Lipinski definition) is 4. The fourth-order valence-corrected chi connectivity index (χ4v) is 2.00. The van der Waals surface area contributed by atoms with Gasteiger partial charge in [0, 0.05) is 7.11 Å². The van der Waals surface area contributed by atoms with E-state index in [1.807, 2.05) is 0 Å². The van der Waals surface area contributed by atoms with Crippen molar-refractivity contribution in [2.24, 2.45) is 0 Å². The monoisotopic (exact) mass is 292 g/mol. The lowest BCUT2D eigenvalue weighted by Gasteiger charge is -2.43. The van der Waals surface area contributed by atoms with Crippen molar-refractivity contribution in [2.75, 3.05) is 13.7 Å². The third-order valence-electron chi connectivity index (χ3n) is 3.10. The molecule has 4 N–H and O–H groups in total. The molecular formula is C12H20O8. The van der Waals surface area contributed by atoms with Gasteiger partial charge in [-0.25, -0.2) is 4.79 Å². The molecule has 0 aromatic rings. The van der Waals surface area contributed by atoms with E-state index < -0.39 is 49.2 Å². The summed E-state index contributed by atoms with van der Waals surface area (Å²) in [5.41, 5.74) is 0. The van der Waals surface area contributed by atoms with Crippen molar-refractivity contribution in [3.8, 4) is 0 Å². The maximum atomic E-state index is 11.4. The van der Waals surface area contributed by atoms with E-state index >= 15 is 0 Å². The Labute approximate surface area is 116 Å². The van der Waals surface area contributed by atoms with E-state index in [-0.39, 0.29) is 0 Å². The Morgan fingerprint density at radius 1 is 1.55 bits per heavy atom. The second-order valence-electron chi connectivity index (χ2n) is 4.45. The average Bonchev–Trinajstić information content (AvgIpc) is 2.42. The van der Waals surface area contributed by atoms with Gasteiger partial charge in [0.05, 0.1) is 25.4 Å². The summed E-state index contributed by atoms with van der Waals surface area (Å²) in [4.78, 5) is 11.4. The number of ether oxygens (including phenoxy) is 3. The summed E-state index contributed by atoms with van der Waals surface area (Å²) in [5, 5.41) is 38.2. The molecule has 1 aliphatic heterocycles. The van der Waals surface area contributed by atoms with Crippen molar-refractivity contribution in [2.45, 2.75) is 43.5 Å². The lowest BCUT2D eigenvalue weighted by Crippen LogP contribution is -2.62. The predicted octanol–water partition coefficient (Wildman–Crippen LogP) is -1.16. The lowest BCUT2D eigenvalue weighted by molar-refractivity contribution is -0.311. The molecule has 1 heterocycles. The first-order chi connectivity index (χ1) is 9.41. The molecule has 1 rings (SSSR count). The van der Waals surface area contributed by atoms with E-state index in [9.17, 15) is 20.1 Å². The Hall–Kier alpha value is -1.19. The third-order valence-corrected chi connectivity index (χ3v) is 3.10. The SMILES string of the molecule is C/C=C/O[C@]1(C(=O)O)C[C@@H](O)[C@@H](O)[C@@H]([C@@H](CO)OC)O1. The topological polar surface area (TPSA) is 126 Å². The fraction of sp³-hybridized carbons (Fsp3) is 0.750. The van der Waals surface area contributed by atoms with Crippen molar-refractivity contribution in [3.05, 3.63) is 12.3 Å². The quantitative estimate of drug-likeness (QED) is 0.451. The van der Waals surface area contributed by atoms with Crippen LogP contribution < -0.4 is 0 Å². The summed E-state index contributed by atoms with van der Waals surface area (Å²) >= 11 is 0. The molecule has 8 nitrogen and oxygen atoms in total. The number of aliphatic hydroxyl groups is 3. The Bertz CT molecular complexity index is 351. The van der Waals surface area contributed by atoms with Crippen LogP contribution in [0.1, 0.15) is 13.3 Å². The summed E-state index contributed by atoms with van der Waals surface area (Å²) in [6.45, 7) is 1.11. The van der Waals surface area contributed by atoms with Gasteiger partial charge in [0.1, 0.15) is 18.3 Å². The molecule has 0 spiro atoms. The third kappa shape index (κ3) is 3.28. The Balaban J connectivity index is 3.06. The van der Waals surface area contributed by atoms with Gasteiger partial charge in [0.15, 0.2) is 0 Å². The molecule has 0 amide bonds. The largest absolute Gasteiger partial charge is 0.476 e. The molecule has 0 radical (unpaired) electrons. The highest BCUT2D eigenvalue weighted by Crippen LogP contribution is 2.33. The first kappa shape index (κ1) is 16.9. The molecule has 0 bridgehead atoms. The summed E-state index contributed by atoms with van der Waals surface area (Å²) in [6, 6.07) is 0. The highest BCUT2D eigenvalue weighted by molar-refractivity contribution is 5.76. The van der Waals surface area contributed by atoms with Gasteiger partial charge in [-0.1, -0.05) is 6.08 Å². The van der Waals surface area contributed by atoms with Crippen LogP contribution in [0.2, 0.25) is 0 Å². The molecule has 0 aromatic heterocycles. The number of methoxy groups -OCH3 is 1. The molecule has 20 heavy (non-hydrogen) atoms. The molecule has 8 heteroatoms. The van der Waals surface area contributed by atoms with Crippen LogP contribution in [0.3, 0.4) is 0 Å². The van der Waals surface area contributed by atoms with Crippen LogP contribution in [0.25, 0.3) is 0 Å². The van der Waals surface area contributed by atoms with Gasteiger partial charge < -0.3 is 34.6 Å². The first-order valence-electron chi connectivity index (χ1n) is 6.11. The van der Waals surface area contributed by atoms with Crippen LogP contribution in [0.5, 0.6) is 0 Å². The van der Waals surface area contributed by atoms with Gasteiger partial charge in [-0.15, -0.1) is 0 Å². The number of aliphatic carboxylic acids is 1. The molecule has 0 aliphatic carbocycles. The van der Waals surface area contributed by atoms with Gasteiger partial charge in [0.25, 0.3) is 0 Å². The Morgan fingerprint density at radius 3 is 2.65 bits per heavy atom. The van der Waals surface area contributed by atoms with E-state index in [1.54, 1.807) is 6.92 Å². The highest BCUT2D eigenvalue weighted by atomic mass is 16.7. The van der Waals surface area contributed by atoms with E-state index in [0.717, 1.165) is 6.26 Å². The second kappa shape index (κ2) is 7.00. The zero-order valence-corrected chi connectivity index (χ0v) is 11.3. The standard InChI is InChI=1S/C12H20O8/c1-3-4-19-12(11(16)17)5-7(14)9(15)10(20-12)8(6-13)18-2/h3-4,7-10,13-15H,5-6H2,1-2H3,(H,16,17)/b4-3+/t7-,8-,9-,10-,12-/m1/s1. The Morgan fingerprint density at radius 2 is 2.20 bits per heavy atom. The van der Waals surface area contributed by atoms with E-state index in [1.165, 1.54) is 13.2 Å². The van der Waals surface area contributed by atoms with Gasteiger partial charge in [0.2, 0.25) is 0 Å². The lowest BCUT2D eigenvalue weighted by atomic mass is 9.92. The van der Waals surface area contributed by atoms with Crippen LogP contribution in [0, 0.1) is 0 Å². The van der Waals surface area contributed by atoms with Crippen molar-refractivity contribution in [3.63, 3.8) is 0 Å². The van der Waals surface area contributed by atoms with Crippen LogP contribution in [0.15, 0.2) is 12.3 Å². The molecule has 1 aliphatic rings. The van der Waals surface area contributed by atoms with Crippen molar-refractivity contribution >= 4 is 5.97 Å². The van der Waals surface area contributed by atoms with Gasteiger partial charge in [-0.3, -0.25) is 0 Å². The number of carboxylic acids is 1. The molecule has 116 valence electrons. The number of rotatable bonds is 6. The molecular weight excluding hydrogens is 272 g/mol. The van der Waals surface area contributed by atoms with Crippen LogP contribution in [0.4, 0.5) is 0 Å². The summed E-state index contributed by atoms with van der Waals surface area (Å²) in [6.07, 6.45) is -2.89. The number of carboxylic acid groups (broad SMARTS) is 1. The van der Waals surface area contributed by atoms with Crippen molar-refractivity contribution in [1.82, 2.24) is 0 Å². The minimum atomic E-state index is -2.14. The minimum Gasteiger partial charge on any atom is -0.476 e. The van der Waals surface area contributed by atoms with E-state index in [2.05, 4.69) is 0 Å². The van der Waals surface area contributed by atoms with Gasteiger partial charge in [-0.05, 0) is 6.92 Å². The predicted molar refractivity (Wildman–Crippen MR) is 65.7 cm³/mol. The van der Waals surface area contributed by atoms with Crippen LogP contribution in [-0.2, 0) is 19.0 Å². The summed E-state index contributed by atoms with van der Waals surface area (Å²) in [7, 11) is 1.27. The zero-order chi connectivity index (χ0) is 15.3. The maximum absolute atomic E-state index is 11.4. The number of aliphatic hydroxyl groups excluding tert-OH is 3. The van der Waals surface area contributed by atoms with Gasteiger partial charge >= 0.3 is 11.8 Å². The molecule has 0 unspecified atom stereocenters. The molecule has 1 saturated heterocycles. The molecule has 5 atom stereocenters.